The third kappa shape index (κ3) is 4.85. The zero-order valence-corrected chi connectivity index (χ0v) is 18.6. The molecule has 10 nitrogen and oxygen atoms in total. The van der Waals surface area contributed by atoms with Gasteiger partial charge in [-0.25, -0.2) is 9.97 Å². The van der Waals surface area contributed by atoms with E-state index in [0.717, 1.165) is 11.3 Å². The fraction of sp³-hybridized carbons (Fsp3) is 0.125. The van der Waals surface area contributed by atoms with E-state index in [1.165, 1.54) is 6.07 Å². The van der Waals surface area contributed by atoms with Crippen LogP contribution in [0.4, 0.5) is 5.82 Å². The maximum absolute atomic E-state index is 11.8. The van der Waals surface area contributed by atoms with E-state index in [4.69, 9.17) is 16.2 Å². The lowest BCUT2D eigenvalue weighted by atomic mass is 10.1. The highest BCUT2D eigenvalue weighted by Gasteiger charge is 2.15. The molecule has 0 aliphatic rings. The minimum atomic E-state index is -0.717. The third-order valence-electron chi connectivity index (χ3n) is 5.09. The highest BCUT2D eigenvalue weighted by atomic mass is 16.5. The first-order valence-corrected chi connectivity index (χ1v) is 10.4. The number of carbonyl (C=O) groups is 2. The summed E-state index contributed by atoms with van der Waals surface area (Å²) in [5, 5.41) is 7.07. The molecule has 0 spiro atoms. The Kier molecular flexibility index (Phi) is 6.22. The van der Waals surface area contributed by atoms with Crippen molar-refractivity contribution in [2.75, 3.05) is 5.32 Å². The summed E-state index contributed by atoms with van der Waals surface area (Å²) in [6.45, 7) is 1.59. The van der Waals surface area contributed by atoms with Crippen molar-refractivity contribution in [3.05, 3.63) is 72.6 Å². The van der Waals surface area contributed by atoms with Gasteiger partial charge in [0.15, 0.2) is 5.82 Å². The van der Waals surface area contributed by atoms with E-state index in [1.54, 1.807) is 42.1 Å². The topological polar surface area (TPSA) is 151 Å². The van der Waals surface area contributed by atoms with Crippen LogP contribution in [-0.2, 0) is 11.8 Å². The molecule has 10 heteroatoms. The van der Waals surface area contributed by atoms with Crippen LogP contribution in [0.1, 0.15) is 17.4 Å². The summed E-state index contributed by atoms with van der Waals surface area (Å²) < 4.78 is 7.90. The Hall–Kier alpha value is -4.73. The Labute approximate surface area is 195 Å². The Bertz CT molecular complexity index is 1350. The molecule has 0 saturated carbocycles. The van der Waals surface area contributed by atoms with Gasteiger partial charge in [0.1, 0.15) is 29.1 Å². The molecule has 5 N–H and O–H groups in total. The molecule has 172 valence electrons. The van der Waals surface area contributed by atoms with Crippen LogP contribution in [0.15, 0.2) is 66.9 Å². The van der Waals surface area contributed by atoms with Gasteiger partial charge >= 0.3 is 0 Å². The van der Waals surface area contributed by atoms with Crippen LogP contribution < -0.4 is 21.5 Å². The molecular formula is C24H23N7O3. The summed E-state index contributed by atoms with van der Waals surface area (Å²) in [6, 6.07) is 17.4. The number of nitrogens with zero attached hydrogens (tertiary/aromatic N) is 4. The van der Waals surface area contributed by atoms with Gasteiger partial charge in [0.2, 0.25) is 5.91 Å². The first-order chi connectivity index (χ1) is 16.3. The predicted octanol–water partition coefficient (Wildman–Crippen LogP) is 2.72. The van der Waals surface area contributed by atoms with Crippen LogP contribution >= 0.6 is 0 Å². The molecule has 34 heavy (non-hydrogen) atoms. The lowest BCUT2D eigenvalue weighted by molar-refractivity contribution is -0.118. The van der Waals surface area contributed by atoms with Gasteiger partial charge in [0, 0.05) is 30.4 Å². The van der Waals surface area contributed by atoms with Crippen molar-refractivity contribution in [2.24, 2.45) is 18.5 Å². The highest BCUT2D eigenvalue weighted by molar-refractivity contribution is 5.92. The maximum Gasteiger partial charge on any atom is 0.267 e. The monoisotopic (exact) mass is 457 g/mol. The first-order valence-electron chi connectivity index (χ1n) is 10.4. The van der Waals surface area contributed by atoms with Gasteiger partial charge in [0.25, 0.3) is 5.91 Å². The second-order valence-electron chi connectivity index (χ2n) is 7.56. The molecule has 2 aromatic heterocycles. The van der Waals surface area contributed by atoms with Crippen molar-refractivity contribution in [2.45, 2.75) is 13.0 Å². The van der Waals surface area contributed by atoms with E-state index in [-0.39, 0.29) is 17.3 Å². The summed E-state index contributed by atoms with van der Waals surface area (Å²) in [5.41, 5.74) is 13.2. The Morgan fingerprint density at radius 3 is 2.41 bits per heavy atom. The van der Waals surface area contributed by atoms with E-state index >= 15 is 0 Å². The van der Waals surface area contributed by atoms with Gasteiger partial charge in [-0.05, 0) is 49.4 Å². The molecule has 0 unspecified atom stereocenters. The first kappa shape index (κ1) is 22.5. The number of benzene rings is 2. The number of para-hydroxylation sites is 1. The number of primary amides is 2. The molecule has 0 aliphatic carbocycles. The number of aromatic nitrogens is 4. The molecular weight excluding hydrogens is 434 g/mol. The number of amides is 2. The zero-order valence-electron chi connectivity index (χ0n) is 18.6. The lowest BCUT2D eigenvalue weighted by Gasteiger charge is -2.13. The molecule has 0 saturated heterocycles. The SMILES string of the molecule is C[C@H](Nc1cc(C(N)=O)nc(-c2ccc(Oc3ccccc3-c3ccnn3C)cc2)n1)C(N)=O. The van der Waals surface area contributed by atoms with Gasteiger partial charge in [-0.2, -0.15) is 5.10 Å². The second-order valence-corrected chi connectivity index (χ2v) is 7.56. The van der Waals surface area contributed by atoms with Crippen molar-refractivity contribution < 1.29 is 14.3 Å². The quantitative estimate of drug-likeness (QED) is 0.368. The zero-order chi connectivity index (χ0) is 24.2. The van der Waals surface area contributed by atoms with Crippen molar-refractivity contribution in [1.82, 2.24) is 19.7 Å². The molecule has 2 aromatic carbocycles. The van der Waals surface area contributed by atoms with E-state index in [9.17, 15) is 9.59 Å². The molecule has 4 aromatic rings. The fourth-order valence-electron chi connectivity index (χ4n) is 3.27. The number of nitrogens with one attached hydrogen (secondary N) is 1. The number of hydrogen-bond acceptors (Lipinski definition) is 7. The summed E-state index contributed by atoms with van der Waals surface area (Å²) in [7, 11) is 1.87. The van der Waals surface area contributed by atoms with Crippen LogP contribution in [0.3, 0.4) is 0 Å². The van der Waals surface area contributed by atoms with Crippen LogP contribution in [0.2, 0.25) is 0 Å². The van der Waals surface area contributed by atoms with Gasteiger partial charge in [-0.3, -0.25) is 14.3 Å². The number of anilines is 1. The lowest BCUT2D eigenvalue weighted by Crippen LogP contribution is -2.33. The van der Waals surface area contributed by atoms with Gasteiger partial charge < -0.3 is 21.5 Å². The van der Waals surface area contributed by atoms with Gasteiger partial charge in [0.05, 0.1) is 5.69 Å². The Morgan fingerprint density at radius 2 is 1.76 bits per heavy atom. The van der Waals surface area contributed by atoms with Crippen molar-refractivity contribution in [3.8, 4) is 34.1 Å². The Morgan fingerprint density at radius 1 is 1.03 bits per heavy atom. The predicted molar refractivity (Wildman–Crippen MR) is 127 cm³/mol. The second kappa shape index (κ2) is 9.41. The van der Waals surface area contributed by atoms with Crippen LogP contribution in [0, 0.1) is 0 Å². The van der Waals surface area contributed by atoms with E-state index in [0.29, 0.717) is 17.1 Å². The van der Waals surface area contributed by atoms with Gasteiger partial charge in [-0.15, -0.1) is 0 Å². The molecule has 4 rings (SSSR count). The van der Waals surface area contributed by atoms with Gasteiger partial charge in [-0.1, -0.05) is 12.1 Å². The van der Waals surface area contributed by atoms with Crippen LogP contribution in [-0.4, -0.2) is 37.6 Å². The van der Waals surface area contributed by atoms with Crippen LogP contribution in [0.5, 0.6) is 11.5 Å². The largest absolute Gasteiger partial charge is 0.457 e. The van der Waals surface area contributed by atoms with E-state index in [2.05, 4.69) is 20.4 Å². The number of rotatable bonds is 8. The number of hydrogen-bond donors (Lipinski definition) is 3. The summed E-state index contributed by atoms with van der Waals surface area (Å²) in [5.74, 6) is 0.523. The van der Waals surface area contributed by atoms with Crippen LogP contribution in [0.25, 0.3) is 22.6 Å². The van der Waals surface area contributed by atoms with E-state index < -0.39 is 17.9 Å². The molecule has 1 atom stereocenters. The minimum absolute atomic E-state index is 0.00889. The van der Waals surface area contributed by atoms with Crippen molar-refractivity contribution >= 4 is 17.6 Å². The van der Waals surface area contributed by atoms with E-state index in [1.807, 2.05) is 37.4 Å². The molecule has 2 amide bonds. The maximum atomic E-state index is 11.8. The number of nitrogens with two attached hydrogens (primary N) is 2. The molecule has 0 radical (unpaired) electrons. The molecule has 0 bridgehead atoms. The summed E-state index contributed by atoms with van der Waals surface area (Å²) in [4.78, 5) is 31.8. The van der Waals surface area contributed by atoms with Crippen molar-refractivity contribution in [3.63, 3.8) is 0 Å². The summed E-state index contributed by atoms with van der Waals surface area (Å²) in [6.07, 6.45) is 1.73. The Balaban J connectivity index is 1.61. The fourth-order valence-corrected chi connectivity index (χ4v) is 3.27. The molecule has 0 aliphatic heterocycles. The average molecular weight is 457 g/mol. The standard InChI is InChI=1S/C24H23N7O3/c1-14(22(25)32)28-21-13-18(23(26)33)29-24(30-21)15-7-9-16(10-8-15)34-20-6-4-3-5-17(20)19-11-12-27-31(19)2/h3-14H,1-2H3,(H2,25,32)(H2,26,33)(H,28,29,30)/t14-/m0/s1. The average Bonchev–Trinajstić information content (AvgIpc) is 3.25. The highest BCUT2D eigenvalue weighted by Crippen LogP contribution is 2.33. The molecule has 2 heterocycles. The molecule has 0 fully saturated rings. The third-order valence-corrected chi connectivity index (χ3v) is 5.09. The summed E-state index contributed by atoms with van der Waals surface area (Å²) >= 11 is 0. The normalized spacial score (nSPS) is 11.6. The smallest absolute Gasteiger partial charge is 0.267 e. The number of aryl methyl sites for hydroxylation is 1. The minimum Gasteiger partial charge on any atom is -0.457 e. The number of carbonyl (C=O) groups excluding carboxylic acids is 2. The number of ether oxygens (including phenoxy) is 1. The van der Waals surface area contributed by atoms with Crippen molar-refractivity contribution in [1.29, 1.82) is 0 Å².